The molecule has 1 aromatic heterocycles. The summed E-state index contributed by atoms with van der Waals surface area (Å²) in [5, 5.41) is 0. The molecule has 0 unspecified atom stereocenters. The lowest BCUT2D eigenvalue weighted by Gasteiger charge is -2.07. The van der Waals surface area contributed by atoms with E-state index in [4.69, 9.17) is 5.73 Å². The van der Waals surface area contributed by atoms with E-state index < -0.39 is 0 Å². The summed E-state index contributed by atoms with van der Waals surface area (Å²) in [7, 11) is 0. The van der Waals surface area contributed by atoms with Crippen molar-refractivity contribution in [3.05, 3.63) is 46.5 Å². The van der Waals surface area contributed by atoms with Gasteiger partial charge in [-0.3, -0.25) is 0 Å². The fourth-order valence-electron chi connectivity index (χ4n) is 2.88. The van der Waals surface area contributed by atoms with Crippen LogP contribution in [0.3, 0.4) is 0 Å². The number of H-pyrrole nitrogens is 1. The summed E-state index contributed by atoms with van der Waals surface area (Å²) in [6.45, 7) is 10.5. The molecule has 2 aromatic rings. The third kappa shape index (κ3) is 5.63. The number of rotatable bonds is 3. The van der Waals surface area contributed by atoms with Crippen LogP contribution < -0.4 is 5.73 Å². The number of aryl methyl sites for hydroxylation is 3. The maximum absolute atomic E-state index is 13.4. The van der Waals surface area contributed by atoms with Gasteiger partial charge in [0.2, 0.25) is 0 Å². The van der Waals surface area contributed by atoms with Gasteiger partial charge in [0.05, 0.1) is 5.69 Å². The minimum Gasteiger partial charge on any atom is -0.369 e. The maximum atomic E-state index is 13.4. The van der Waals surface area contributed by atoms with Crippen LogP contribution in [0.1, 0.15) is 62.0 Å². The second-order valence-electron chi connectivity index (χ2n) is 7.18. The zero-order valence-corrected chi connectivity index (χ0v) is 16.0. The summed E-state index contributed by atoms with van der Waals surface area (Å²) in [5.74, 6) is 1.10. The van der Waals surface area contributed by atoms with Crippen LogP contribution in [0.5, 0.6) is 0 Å². The number of hydrogen-bond donors (Lipinski definition) is 2. The van der Waals surface area contributed by atoms with E-state index in [1.165, 1.54) is 12.0 Å². The van der Waals surface area contributed by atoms with Gasteiger partial charge < -0.3 is 10.7 Å². The molecule has 1 atom stereocenters. The zero-order valence-electron chi connectivity index (χ0n) is 16.0. The molecular weight excluding hydrogens is 313 g/mol. The first-order valence-corrected chi connectivity index (χ1v) is 8.65. The summed E-state index contributed by atoms with van der Waals surface area (Å²) >= 11 is 0. The van der Waals surface area contributed by atoms with E-state index in [-0.39, 0.29) is 5.82 Å². The summed E-state index contributed by atoms with van der Waals surface area (Å²) < 4.78 is 13.4. The van der Waals surface area contributed by atoms with Crippen molar-refractivity contribution in [1.29, 1.82) is 0 Å². The van der Waals surface area contributed by atoms with E-state index in [0.717, 1.165) is 29.8 Å². The molecule has 3 nitrogen and oxygen atoms in total. The topological polar surface area (TPSA) is 54.7 Å². The number of imidazole rings is 1. The van der Waals surface area contributed by atoms with Gasteiger partial charge in [-0.15, -0.1) is 12.8 Å². The van der Waals surface area contributed by atoms with Crippen molar-refractivity contribution >= 4 is 5.95 Å². The molecule has 136 valence electrons. The number of hydrogen-bond acceptors (Lipinski definition) is 2. The Morgan fingerprint density at radius 3 is 2.28 bits per heavy atom. The molecule has 0 bridgehead atoms. The van der Waals surface area contributed by atoms with Crippen molar-refractivity contribution in [2.75, 3.05) is 5.73 Å². The van der Waals surface area contributed by atoms with E-state index in [1.54, 1.807) is 6.07 Å². The molecule has 0 spiro atoms. The van der Waals surface area contributed by atoms with Gasteiger partial charge in [-0.05, 0) is 55.2 Å². The Bertz CT molecular complexity index is 694. The lowest BCUT2D eigenvalue weighted by atomic mass is 9.99. The maximum Gasteiger partial charge on any atom is 0.197 e. The number of halogens is 1. The van der Waals surface area contributed by atoms with E-state index >= 15 is 0 Å². The van der Waals surface area contributed by atoms with Crippen LogP contribution in [-0.2, 0) is 6.42 Å². The van der Waals surface area contributed by atoms with E-state index in [9.17, 15) is 4.39 Å². The van der Waals surface area contributed by atoms with Crippen molar-refractivity contribution in [1.82, 2.24) is 9.97 Å². The fraction of sp³-hybridized carbons (Fsp3) is 0.476. The van der Waals surface area contributed by atoms with Gasteiger partial charge in [0.1, 0.15) is 5.82 Å². The molecule has 1 fully saturated rings. The molecule has 1 heterocycles. The molecule has 0 aliphatic heterocycles. The van der Waals surface area contributed by atoms with E-state index in [0.29, 0.717) is 17.3 Å². The number of aromatic nitrogens is 2. The molecule has 3 rings (SSSR count). The number of terminal acetylenes is 1. The largest absolute Gasteiger partial charge is 0.369 e. The quantitative estimate of drug-likeness (QED) is 0.757. The predicted octanol–water partition coefficient (Wildman–Crippen LogP) is 5.15. The molecule has 4 heteroatoms. The summed E-state index contributed by atoms with van der Waals surface area (Å²) in [5.41, 5.74) is 9.97. The van der Waals surface area contributed by atoms with Crippen molar-refractivity contribution in [3.63, 3.8) is 0 Å². The van der Waals surface area contributed by atoms with E-state index in [2.05, 4.69) is 49.7 Å². The molecule has 1 saturated carbocycles. The predicted molar refractivity (Wildman–Crippen MR) is 104 cm³/mol. The summed E-state index contributed by atoms with van der Waals surface area (Å²) in [4.78, 5) is 6.81. The van der Waals surface area contributed by atoms with E-state index in [1.807, 2.05) is 19.9 Å². The SMILES string of the molecule is C#C.CCCc1cc([C@@H]2CC2(C)C)ccc1F.Cc1nc(N)[nH]c1C. The highest BCUT2D eigenvalue weighted by Crippen LogP contribution is 2.58. The van der Waals surface area contributed by atoms with Crippen molar-refractivity contribution in [2.24, 2.45) is 5.41 Å². The van der Waals surface area contributed by atoms with Gasteiger partial charge in [0.25, 0.3) is 0 Å². The first-order chi connectivity index (χ1) is 11.7. The van der Waals surface area contributed by atoms with Gasteiger partial charge in [-0.1, -0.05) is 39.3 Å². The highest BCUT2D eigenvalue weighted by atomic mass is 19.1. The third-order valence-corrected chi connectivity index (χ3v) is 4.65. The number of nitrogens with zero attached hydrogens (tertiary/aromatic N) is 1. The highest BCUT2D eigenvalue weighted by molar-refractivity contribution is 5.33. The minimum atomic E-state index is -0.0425. The second kappa shape index (κ2) is 8.71. The van der Waals surface area contributed by atoms with Gasteiger partial charge in [-0.25, -0.2) is 9.37 Å². The smallest absolute Gasteiger partial charge is 0.197 e. The number of nitrogens with one attached hydrogen (secondary N) is 1. The normalized spacial score (nSPS) is 16.9. The van der Waals surface area contributed by atoms with Crippen LogP contribution in [0.25, 0.3) is 0 Å². The van der Waals surface area contributed by atoms with Crippen LogP contribution in [-0.4, -0.2) is 9.97 Å². The van der Waals surface area contributed by atoms with Gasteiger partial charge in [0.15, 0.2) is 5.95 Å². The van der Waals surface area contributed by atoms with Gasteiger partial charge in [0, 0.05) is 5.69 Å². The second-order valence-corrected chi connectivity index (χ2v) is 7.18. The number of nitrogen functional groups attached to an aromatic ring is 1. The van der Waals surface area contributed by atoms with Crippen LogP contribution in [0.4, 0.5) is 10.3 Å². The summed E-state index contributed by atoms with van der Waals surface area (Å²) in [6.07, 6.45) is 11.1. The fourth-order valence-corrected chi connectivity index (χ4v) is 2.88. The average molecular weight is 343 g/mol. The Labute approximate surface area is 151 Å². The Morgan fingerprint density at radius 1 is 1.32 bits per heavy atom. The molecule has 0 amide bonds. The number of aromatic amines is 1. The number of benzene rings is 1. The molecule has 1 aliphatic rings. The Balaban J connectivity index is 0.000000264. The highest BCUT2D eigenvalue weighted by Gasteiger charge is 2.46. The Kier molecular flexibility index (Phi) is 7.23. The molecule has 25 heavy (non-hydrogen) atoms. The zero-order chi connectivity index (χ0) is 19.2. The van der Waals surface area contributed by atoms with Gasteiger partial charge in [-0.2, -0.15) is 0 Å². The van der Waals surface area contributed by atoms with Crippen molar-refractivity contribution < 1.29 is 4.39 Å². The van der Waals surface area contributed by atoms with Crippen molar-refractivity contribution in [3.8, 4) is 12.8 Å². The lowest BCUT2D eigenvalue weighted by Crippen LogP contribution is -1.95. The third-order valence-electron chi connectivity index (χ3n) is 4.65. The molecule has 0 saturated heterocycles. The Morgan fingerprint density at radius 2 is 1.92 bits per heavy atom. The molecule has 1 aliphatic carbocycles. The number of nitrogens with two attached hydrogens (primary N) is 1. The standard InChI is InChI=1S/C14H19F.C5H9N3.C2H2/c1-4-5-11-8-10(6-7-13(11)15)12-9-14(12,2)3;1-3-4(2)8-5(6)7-3;1-2/h6-8,12H,4-5,9H2,1-3H3;1-2H3,(H3,6,7,8);1-2H/t12-;;/m0../s1. The molecular formula is C21H30FN3. The summed E-state index contributed by atoms with van der Waals surface area (Å²) in [6, 6.07) is 5.65. The minimum absolute atomic E-state index is 0.0425. The van der Waals surface area contributed by atoms with Crippen LogP contribution in [0.2, 0.25) is 0 Å². The van der Waals surface area contributed by atoms with Crippen molar-refractivity contribution in [2.45, 2.75) is 59.8 Å². The van der Waals surface area contributed by atoms with Crippen LogP contribution in [0, 0.1) is 37.9 Å². The first-order valence-electron chi connectivity index (χ1n) is 8.65. The first kappa shape index (κ1) is 20.8. The number of anilines is 1. The van der Waals surface area contributed by atoms with Crippen LogP contribution in [0.15, 0.2) is 18.2 Å². The molecule has 1 aromatic carbocycles. The van der Waals surface area contributed by atoms with Crippen LogP contribution >= 0.6 is 0 Å². The average Bonchev–Trinajstić information content (AvgIpc) is 3.10. The Hall–Kier alpha value is -2.28. The monoisotopic (exact) mass is 343 g/mol. The van der Waals surface area contributed by atoms with Gasteiger partial charge >= 0.3 is 0 Å². The lowest BCUT2D eigenvalue weighted by molar-refractivity contribution is 0.600. The molecule has 3 N–H and O–H groups in total. The molecule has 0 radical (unpaired) electrons.